The molecule has 0 radical (unpaired) electrons. The Balaban J connectivity index is 1.78. The van der Waals surface area contributed by atoms with E-state index in [-0.39, 0.29) is 17.2 Å². The predicted molar refractivity (Wildman–Crippen MR) is 120 cm³/mol. The lowest BCUT2D eigenvalue weighted by Crippen LogP contribution is -2.35. The Bertz CT molecular complexity index is 1460. The van der Waals surface area contributed by atoms with Crippen LogP contribution in [0, 0.1) is 11.3 Å². The number of rotatable bonds is 3. The molecular formula is C25H19F3N2O3S. The van der Waals surface area contributed by atoms with E-state index in [4.69, 9.17) is 0 Å². The molecule has 2 aliphatic rings. The number of nitriles is 1. The van der Waals surface area contributed by atoms with Crippen LogP contribution in [0.25, 0.3) is 22.3 Å². The summed E-state index contributed by atoms with van der Waals surface area (Å²) in [5.74, 6) is -0.534. The van der Waals surface area contributed by atoms with Crippen LogP contribution in [0.3, 0.4) is 0 Å². The zero-order valence-corrected chi connectivity index (χ0v) is 18.9. The number of hydrogen-bond donors (Lipinski definition) is 0. The van der Waals surface area contributed by atoms with E-state index in [0.29, 0.717) is 12.0 Å². The average Bonchev–Trinajstić information content (AvgIpc) is 2.80. The van der Waals surface area contributed by atoms with E-state index in [0.717, 1.165) is 41.3 Å². The van der Waals surface area contributed by atoms with Crippen molar-refractivity contribution in [2.75, 3.05) is 13.6 Å². The molecule has 34 heavy (non-hydrogen) atoms. The number of likely N-dealkylation sites (N-methyl/N-ethyl adjacent to an activating group) is 1. The van der Waals surface area contributed by atoms with Crippen LogP contribution in [-0.4, -0.2) is 32.4 Å². The first-order valence-corrected chi connectivity index (χ1v) is 12.0. The van der Waals surface area contributed by atoms with Gasteiger partial charge in [-0.1, -0.05) is 42.5 Å². The van der Waals surface area contributed by atoms with Crippen molar-refractivity contribution in [1.82, 2.24) is 4.90 Å². The zero-order valence-electron chi connectivity index (χ0n) is 18.1. The molecule has 0 fully saturated rings. The number of nitrogens with zero attached hydrogens (tertiary/aromatic N) is 2. The Morgan fingerprint density at radius 2 is 1.68 bits per heavy atom. The molecule has 0 amide bonds. The number of alkyl halides is 3. The van der Waals surface area contributed by atoms with Gasteiger partial charge in [-0.05, 0) is 65.4 Å². The predicted octanol–water partition coefficient (Wildman–Crippen LogP) is 5.21. The quantitative estimate of drug-likeness (QED) is 0.377. The summed E-state index contributed by atoms with van der Waals surface area (Å²) >= 11 is 0. The molecule has 0 N–H and O–H groups in total. The van der Waals surface area contributed by atoms with E-state index in [1.54, 1.807) is 12.1 Å². The van der Waals surface area contributed by atoms with Gasteiger partial charge in [0.1, 0.15) is 0 Å². The third-order valence-electron chi connectivity index (χ3n) is 6.53. The van der Waals surface area contributed by atoms with Crippen molar-refractivity contribution < 1.29 is 25.8 Å². The summed E-state index contributed by atoms with van der Waals surface area (Å²) in [6.07, 6.45) is 1.57. The molecule has 0 bridgehead atoms. The van der Waals surface area contributed by atoms with Crippen molar-refractivity contribution in [3.05, 3.63) is 76.9 Å². The van der Waals surface area contributed by atoms with Gasteiger partial charge in [-0.25, -0.2) is 0 Å². The summed E-state index contributed by atoms with van der Waals surface area (Å²) < 4.78 is 67.5. The second-order valence-electron chi connectivity index (χ2n) is 8.44. The van der Waals surface area contributed by atoms with E-state index >= 15 is 0 Å². The van der Waals surface area contributed by atoms with Gasteiger partial charge in [-0.15, -0.1) is 0 Å². The molecular weight excluding hydrogens is 465 g/mol. The summed E-state index contributed by atoms with van der Waals surface area (Å²) in [4.78, 5) is 2.29. The highest BCUT2D eigenvalue weighted by molar-refractivity contribution is 7.88. The lowest BCUT2D eigenvalue weighted by atomic mass is 9.75. The van der Waals surface area contributed by atoms with Crippen molar-refractivity contribution in [1.29, 1.82) is 5.26 Å². The van der Waals surface area contributed by atoms with Crippen LogP contribution in [0.1, 0.15) is 28.3 Å². The van der Waals surface area contributed by atoms with E-state index in [9.17, 15) is 26.9 Å². The first-order valence-electron chi connectivity index (χ1n) is 10.6. The number of benzene rings is 3. The van der Waals surface area contributed by atoms with Gasteiger partial charge >= 0.3 is 15.6 Å². The van der Waals surface area contributed by atoms with Gasteiger partial charge in [0, 0.05) is 18.2 Å². The molecule has 5 rings (SSSR count). The van der Waals surface area contributed by atoms with Crippen LogP contribution in [0.15, 0.2) is 54.6 Å². The van der Waals surface area contributed by atoms with Crippen LogP contribution in [0.4, 0.5) is 13.2 Å². The van der Waals surface area contributed by atoms with Gasteiger partial charge in [0.2, 0.25) is 0 Å². The first kappa shape index (κ1) is 22.4. The zero-order chi connectivity index (χ0) is 24.3. The highest BCUT2D eigenvalue weighted by atomic mass is 32.2. The molecule has 0 saturated carbocycles. The number of halogens is 3. The Hall–Kier alpha value is -3.35. The maximum absolute atomic E-state index is 13.1. The minimum Gasteiger partial charge on any atom is -0.375 e. The fourth-order valence-electron chi connectivity index (χ4n) is 5.02. The maximum Gasteiger partial charge on any atom is 0.534 e. The molecule has 0 aromatic heterocycles. The minimum absolute atomic E-state index is 0.0207. The van der Waals surface area contributed by atoms with Crippen LogP contribution in [0.2, 0.25) is 0 Å². The van der Waals surface area contributed by atoms with Gasteiger partial charge in [0.15, 0.2) is 5.75 Å². The SMILES string of the molecule is CN1CCc2cccc3c2[C@H]1Cc1cccc(-c2c(C#N)cccc2OS(=O)(=O)C(F)(F)F)c1-3. The van der Waals surface area contributed by atoms with E-state index in [1.807, 2.05) is 24.3 Å². The summed E-state index contributed by atoms with van der Waals surface area (Å²) in [5, 5.41) is 9.75. The first-order chi connectivity index (χ1) is 16.1. The topological polar surface area (TPSA) is 70.4 Å². The third kappa shape index (κ3) is 3.45. The van der Waals surface area contributed by atoms with Gasteiger partial charge in [0.25, 0.3) is 0 Å². The van der Waals surface area contributed by atoms with Crippen LogP contribution in [-0.2, 0) is 23.0 Å². The molecule has 1 aliphatic carbocycles. The molecule has 1 heterocycles. The largest absolute Gasteiger partial charge is 0.534 e. The molecule has 0 unspecified atom stereocenters. The van der Waals surface area contributed by atoms with Crippen LogP contribution >= 0.6 is 0 Å². The lowest BCUT2D eigenvalue weighted by molar-refractivity contribution is -0.0499. The van der Waals surface area contributed by atoms with Crippen molar-refractivity contribution in [3.8, 4) is 34.1 Å². The normalized spacial score (nSPS) is 17.4. The second-order valence-corrected chi connectivity index (χ2v) is 9.98. The highest BCUT2D eigenvalue weighted by Crippen LogP contribution is 2.50. The molecule has 3 aromatic carbocycles. The Labute approximate surface area is 195 Å². The highest BCUT2D eigenvalue weighted by Gasteiger charge is 2.49. The summed E-state index contributed by atoms with van der Waals surface area (Å²) in [5.41, 5.74) is -0.0326. The fraction of sp³-hybridized carbons (Fsp3) is 0.240. The number of fused-ring (bicyclic) bond motifs is 2. The van der Waals surface area contributed by atoms with Gasteiger partial charge in [-0.3, -0.25) is 4.90 Å². The molecule has 9 heteroatoms. The van der Waals surface area contributed by atoms with Crippen molar-refractivity contribution >= 4 is 10.1 Å². The summed E-state index contributed by atoms with van der Waals surface area (Å²) in [6.45, 7) is 0.917. The lowest BCUT2D eigenvalue weighted by Gasteiger charge is -2.40. The minimum atomic E-state index is -5.92. The second kappa shape index (κ2) is 7.86. The number of hydrogen-bond acceptors (Lipinski definition) is 5. The monoisotopic (exact) mass is 484 g/mol. The fourth-order valence-corrected chi connectivity index (χ4v) is 5.49. The molecule has 1 atom stereocenters. The molecule has 0 spiro atoms. The Morgan fingerprint density at radius 1 is 1.00 bits per heavy atom. The summed E-state index contributed by atoms with van der Waals surface area (Å²) in [7, 11) is -3.85. The van der Waals surface area contributed by atoms with E-state index in [1.165, 1.54) is 17.7 Å². The van der Waals surface area contributed by atoms with Crippen molar-refractivity contribution in [2.24, 2.45) is 0 Å². The summed E-state index contributed by atoms with van der Waals surface area (Å²) in [6, 6.07) is 17.4. The van der Waals surface area contributed by atoms with Crippen molar-refractivity contribution in [2.45, 2.75) is 24.4 Å². The van der Waals surface area contributed by atoms with E-state index < -0.39 is 21.4 Å². The standard InChI is InChI=1S/C25H19F3N2O3S/c1-30-12-11-15-5-2-8-18-22-16(13-20(30)23(15)18)6-3-9-19(22)24-17(14-29)7-4-10-21(24)33-34(31,32)25(26,27)28/h2-10,20H,11-13H2,1H3/t20-/m1/s1. The van der Waals surface area contributed by atoms with Crippen LogP contribution < -0.4 is 4.18 Å². The Morgan fingerprint density at radius 3 is 2.38 bits per heavy atom. The third-order valence-corrected chi connectivity index (χ3v) is 7.49. The van der Waals surface area contributed by atoms with Gasteiger partial charge < -0.3 is 4.18 Å². The molecule has 0 saturated heterocycles. The van der Waals surface area contributed by atoms with E-state index in [2.05, 4.69) is 22.2 Å². The molecule has 5 nitrogen and oxygen atoms in total. The Kier molecular flexibility index (Phi) is 5.19. The van der Waals surface area contributed by atoms with Gasteiger partial charge in [-0.2, -0.15) is 26.9 Å². The van der Waals surface area contributed by atoms with Gasteiger partial charge in [0.05, 0.1) is 11.6 Å². The molecule has 174 valence electrons. The average molecular weight is 484 g/mol. The maximum atomic E-state index is 13.1. The van der Waals surface area contributed by atoms with Crippen LogP contribution in [0.5, 0.6) is 5.75 Å². The molecule has 3 aromatic rings. The molecule has 1 aliphatic heterocycles. The van der Waals surface area contributed by atoms with Crippen molar-refractivity contribution in [3.63, 3.8) is 0 Å². The smallest absolute Gasteiger partial charge is 0.375 e.